The first-order chi connectivity index (χ1) is 19.6. The Balaban J connectivity index is 0.00000165. The molecule has 1 fully saturated rings. The molecule has 2 aromatic heterocycles. The molecule has 0 amide bonds. The lowest BCUT2D eigenvalue weighted by Gasteiger charge is -2.41. The minimum atomic E-state index is 0.268. The Morgan fingerprint density at radius 2 is 1.71 bits per heavy atom. The SMILES string of the molecule is CO.Cc1ccc(C(C)C)cc1N1CCc2nc(-c3c(C)ccc4n[nH]c(C)c34)nc(N3CCCC(C)(C)C3)c2C1. The Morgan fingerprint density at radius 3 is 2.44 bits per heavy atom. The van der Waals surface area contributed by atoms with Crippen molar-refractivity contribution >= 4 is 22.4 Å². The molecule has 218 valence electrons. The number of nitrogens with zero attached hydrogens (tertiary/aromatic N) is 5. The third-order valence-electron chi connectivity index (χ3n) is 8.81. The van der Waals surface area contributed by atoms with Gasteiger partial charge in [0.2, 0.25) is 0 Å². The molecule has 1 saturated heterocycles. The summed E-state index contributed by atoms with van der Waals surface area (Å²) < 4.78 is 0. The van der Waals surface area contributed by atoms with E-state index in [2.05, 4.69) is 98.8 Å². The summed E-state index contributed by atoms with van der Waals surface area (Å²) in [5, 5.41) is 15.9. The van der Waals surface area contributed by atoms with Crippen molar-refractivity contribution in [2.24, 2.45) is 5.41 Å². The fourth-order valence-corrected chi connectivity index (χ4v) is 6.56. The first-order valence-electron chi connectivity index (χ1n) is 15.0. The van der Waals surface area contributed by atoms with Gasteiger partial charge in [0.25, 0.3) is 0 Å². The molecule has 2 aliphatic rings. The van der Waals surface area contributed by atoms with Crippen LogP contribution >= 0.6 is 0 Å². The summed E-state index contributed by atoms with van der Waals surface area (Å²) >= 11 is 0. The van der Waals surface area contributed by atoms with Crippen LogP contribution in [0.5, 0.6) is 0 Å². The van der Waals surface area contributed by atoms with E-state index in [9.17, 15) is 0 Å². The van der Waals surface area contributed by atoms with Gasteiger partial charge in [0, 0.05) is 67.6 Å². The highest BCUT2D eigenvalue weighted by Gasteiger charge is 2.32. The Morgan fingerprint density at radius 1 is 0.951 bits per heavy atom. The summed E-state index contributed by atoms with van der Waals surface area (Å²) in [7, 11) is 1.00. The van der Waals surface area contributed by atoms with Crippen molar-refractivity contribution in [3.05, 3.63) is 64.0 Å². The van der Waals surface area contributed by atoms with Crippen molar-refractivity contribution in [3.63, 3.8) is 0 Å². The summed E-state index contributed by atoms with van der Waals surface area (Å²) in [5.41, 5.74) is 11.2. The molecule has 0 spiro atoms. The fourth-order valence-electron chi connectivity index (χ4n) is 6.56. The average molecular weight is 555 g/mol. The van der Waals surface area contributed by atoms with Crippen LogP contribution in [-0.4, -0.2) is 52.0 Å². The highest BCUT2D eigenvalue weighted by Crippen LogP contribution is 2.39. The number of hydrogen-bond donors (Lipinski definition) is 2. The van der Waals surface area contributed by atoms with Crippen molar-refractivity contribution in [2.45, 2.75) is 80.2 Å². The topological polar surface area (TPSA) is 81.2 Å². The van der Waals surface area contributed by atoms with Gasteiger partial charge in [0.05, 0.1) is 11.2 Å². The molecule has 7 nitrogen and oxygen atoms in total. The first kappa shape index (κ1) is 29.1. The second-order valence-electron chi connectivity index (χ2n) is 12.9. The standard InChI is InChI=1S/C33H42N6.CH4O/c1-20(2)24-11-9-21(3)28(17-24)38-16-13-26-25(18-38)32(39-15-8-14-33(6,7)19-39)35-31(34-26)29-22(4)10-12-27-30(29)23(5)36-37-27;1-2/h9-12,17,20H,8,13-16,18-19H2,1-7H3,(H,36,37);2H,1H3. The van der Waals surface area contributed by atoms with Gasteiger partial charge in [0.1, 0.15) is 5.82 Å². The molecule has 0 unspecified atom stereocenters. The van der Waals surface area contributed by atoms with E-state index >= 15 is 0 Å². The number of benzene rings is 2. The highest BCUT2D eigenvalue weighted by molar-refractivity contribution is 5.96. The lowest BCUT2D eigenvalue weighted by molar-refractivity contribution is 0.291. The van der Waals surface area contributed by atoms with Crippen molar-refractivity contribution in [1.29, 1.82) is 0 Å². The second kappa shape index (κ2) is 11.4. The van der Waals surface area contributed by atoms with Gasteiger partial charge < -0.3 is 14.9 Å². The van der Waals surface area contributed by atoms with Crippen LogP contribution in [0.2, 0.25) is 0 Å². The summed E-state index contributed by atoms with van der Waals surface area (Å²) in [6.45, 7) is 19.7. The Hall–Kier alpha value is -3.45. The number of aromatic amines is 1. The van der Waals surface area contributed by atoms with E-state index in [1.54, 1.807) is 0 Å². The van der Waals surface area contributed by atoms with Crippen molar-refractivity contribution < 1.29 is 5.11 Å². The number of aliphatic hydroxyl groups is 1. The van der Waals surface area contributed by atoms with Gasteiger partial charge >= 0.3 is 0 Å². The molecule has 0 aliphatic carbocycles. The minimum Gasteiger partial charge on any atom is -0.400 e. The number of aromatic nitrogens is 4. The maximum Gasteiger partial charge on any atom is 0.162 e. The van der Waals surface area contributed by atoms with E-state index in [1.165, 1.54) is 46.5 Å². The van der Waals surface area contributed by atoms with Crippen LogP contribution in [0.15, 0.2) is 30.3 Å². The maximum absolute atomic E-state index is 7.00. The predicted octanol–water partition coefficient (Wildman–Crippen LogP) is 6.87. The number of rotatable bonds is 4. The second-order valence-corrected chi connectivity index (χ2v) is 12.9. The predicted molar refractivity (Wildman–Crippen MR) is 170 cm³/mol. The third kappa shape index (κ3) is 5.56. The molecule has 2 aromatic carbocycles. The lowest BCUT2D eigenvalue weighted by Crippen LogP contribution is -2.42. The maximum atomic E-state index is 7.00. The van der Waals surface area contributed by atoms with E-state index in [4.69, 9.17) is 15.1 Å². The average Bonchev–Trinajstić information content (AvgIpc) is 3.33. The van der Waals surface area contributed by atoms with Crippen LogP contribution in [0.3, 0.4) is 0 Å². The zero-order chi connectivity index (χ0) is 29.5. The number of aryl methyl sites for hydroxylation is 3. The molecular weight excluding hydrogens is 508 g/mol. The van der Waals surface area contributed by atoms with Crippen LogP contribution in [0.1, 0.15) is 80.1 Å². The van der Waals surface area contributed by atoms with Crippen molar-refractivity contribution in [3.8, 4) is 11.4 Å². The van der Waals surface area contributed by atoms with E-state index in [0.29, 0.717) is 5.92 Å². The van der Waals surface area contributed by atoms with Gasteiger partial charge in [0.15, 0.2) is 5.82 Å². The van der Waals surface area contributed by atoms with E-state index in [1.807, 2.05) is 0 Å². The Labute approximate surface area is 245 Å². The zero-order valence-electron chi connectivity index (χ0n) is 26.1. The van der Waals surface area contributed by atoms with Crippen LogP contribution in [0.25, 0.3) is 22.3 Å². The molecule has 41 heavy (non-hydrogen) atoms. The molecule has 6 rings (SSSR count). The first-order valence-corrected chi connectivity index (χ1v) is 15.0. The lowest BCUT2D eigenvalue weighted by atomic mass is 9.84. The van der Waals surface area contributed by atoms with Crippen LogP contribution in [0, 0.1) is 26.2 Å². The quantitative estimate of drug-likeness (QED) is 0.287. The smallest absolute Gasteiger partial charge is 0.162 e. The van der Waals surface area contributed by atoms with Gasteiger partial charge in [-0.2, -0.15) is 5.10 Å². The van der Waals surface area contributed by atoms with E-state index in [0.717, 1.165) is 73.5 Å². The van der Waals surface area contributed by atoms with Crippen LogP contribution in [0.4, 0.5) is 11.5 Å². The van der Waals surface area contributed by atoms with E-state index in [-0.39, 0.29) is 5.41 Å². The molecule has 0 atom stereocenters. The molecular formula is C34H46N6O. The number of H-pyrrole nitrogens is 1. The minimum absolute atomic E-state index is 0.268. The Bertz CT molecular complexity index is 1550. The van der Waals surface area contributed by atoms with Gasteiger partial charge in [-0.15, -0.1) is 0 Å². The third-order valence-corrected chi connectivity index (χ3v) is 8.81. The number of piperidine rings is 1. The van der Waals surface area contributed by atoms with Gasteiger partial charge in [-0.05, 0) is 73.8 Å². The number of fused-ring (bicyclic) bond motifs is 2. The van der Waals surface area contributed by atoms with Crippen LogP contribution < -0.4 is 9.80 Å². The largest absolute Gasteiger partial charge is 0.400 e. The summed E-state index contributed by atoms with van der Waals surface area (Å²) in [6.07, 6.45) is 3.36. The fraction of sp³-hybridized carbons (Fsp3) is 0.500. The summed E-state index contributed by atoms with van der Waals surface area (Å²) in [6, 6.07) is 11.2. The summed E-state index contributed by atoms with van der Waals surface area (Å²) in [4.78, 5) is 15.8. The van der Waals surface area contributed by atoms with Gasteiger partial charge in [-0.25, -0.2) is 9.97 Å². The van der Waals surface area contributed by atoms with Crippen LogP contribution in [-0.2, 0) is 13.0 Å². The number of hydrogen-bond acceptors (Lipinski definition) is 6. The normalized spacial score (nSPS) is 16.5. The molecule has 4 aromatic rings. The molecule has 4 heterocycles. The molecule has 0 radical (unpaired) electrons. The number of aliphatic hydroxyl groups excluding tert-OH is 1. The molecule has 2 N–H and O–H groups in total. The molecule has 0 bridgehead atoms. The molecule has 7 heteroatoms. The molecule has 0 saturated carbocycles. The van der Waals surface area contributed by atoms with Gasteiger partial charge in [-0.1, -0.05) is 45.9 Å². The van der Waals surface area contributed by atoms with Crippen molar-refractivity contribution in [1.82, 2.24) is 20.2 Å². The number of anilines is 2. The van der Waals surface area contributed by atoms with Gasteiger partial charge in [-0.3, -0.25) is 5.10 Å². The monoisotopic (exact) mass is 554 g/mol. The Kier molecular flexibility index (Phi) is 8.11. The van der Waals surface area contributed by atoms with Crippen molar-refractivity contribution in [2.75, 3.05) is 36.5 Å². The zero-order valence-corrected chi connectivity index (χ0v) is 26.1. The highest BCUT2D eigenvalue weighted by atomic mass is 16.2. The molecule has 2 aliphatic heterocycles. The number of nitrogens with one attached hydrogen (secondary N) is 1. The summed E-state index contributed by atoms with van der Waals surface area (Å²) in [5.74, 6) is 2.48. The van der Waals surface area contributed by atoms with E-state index < -0.39 is 0 Å².